The van der Waals surface area contributed by atoms with Crippen LogP contribution in [0, 0.1) is 11.6 Å². The van der Waals surface area contributed by atoms with Crippen LogP contribution >= 0.6 is 0 Å². The highest BCUT2D eigenvalue weighted by molar-refractivity contribution is 5.86. The Labute approximate surface area is 192 Å². The van der Waals surface area contributed by atoms with E-state index in [0.717, 1.165) is 53.9 Å². The summed E-state index contributed by atoms with van der Waals surface area (Å²) in [5, 5.41) is 2.85. The summed E-state index contributed by atoms with van der Waals surface area (Å²) in [5.41, 5.74) is 5.68. The predicted octanol–water partition coefficient (Wildman–Crippen LogP) is 6.41. The molecule has 2 unspecified atom stereocenters. The second-order valence-corrected chi connectivity index (χ2v) is 8.63. The van der Waals surface area contributed by atoms with E-state index < -0.39 is 6.09 Å². The lowest BCUT2D eigenvalue weighted by Crippen LogP contribution is -2.37. The summed E-state index contributed by atoms with van der Waals surface area (Å²) in [5.74, 6) is -0.522. The van der Waals surface area contributed by atoms with E-state index in [1.54, 1.807) is 31.2 Å². The number of carbonyl (C=O) groups is 1. The number of hydrogen-bond donors (Lipinski definition) is 1. The molecule has 0 saturated heterocycles. The monoisotopic (exact) mass is 448 g/mol. The summed E-state index contributed by atoms with van der Waals surface area (Å²) in [4.78, 5) is 14.6. The minimum absolute atomic E-state index is 0.000838. The van der Waals surface area contributed by atoms with Crippen LogP contribution in [0.25, 0.3) is 0 Å². The lowest BCUT2D eigenvalue weighted by atomic mass is 9.76. The highest BCUT2D eigenvalue weighted by Crippen LogP contribution is 2.49. The minimum atomic E-state index is -0.516. The van der Waals surface area contributed by atoms with Crippen LogP contribution < -0.4 is 10.2 Å². The third-order valence-corrected chi connectivity index (χ3v) is 6.64. The number of hydrogen-bond acceptors (Lipinski definition) is 3. The first-order valence-electron chi connectivity index (χ1n) is 11.4. The van der Waals surface area contributed by atoms with E-state index in [9.17, 15) is 13.6 Å². The molecule has 0 aliphatic carbocycles. The van der Waals surface area contributed by atoms with Gasteiger partial charge < -0.3 is 9.64 Å². The number of nitrogens with zero attached hydrogens (tertiary/aromatic N) is 1. The molecule has 33 heavy (non-hydrogen) atoms. The number of carbonyl (C=O) groups excluding carboxylic acids is 1. The molecule has 0 saturated carbocycles. The fourth-order valence-corrected chi connectivity index (χ4v) is 5.29. The molecule has 5 rings (SSSR count). The van der Waals surface area contributed by atoms with Crippen molar-refractivity contribution in [3.63, 3.8) is 0 Å². The summed E-state index contributed by atoms with van der Waals surface area (Å²) in [6.45, 7) is 3.76. The zero-order valence-electron chi connectivity index (χ0n) is 18.5. The normalized spacial score (nSPS) is 19.1. The molecule has 2 aliphatic heterocycles. The molecule has 170 valence electrons. The largest absolute Gasteiger partial charge is 0.450 e. The van der Waals surface area contributed by atoms with Crippen LogP contribution in [0.4, 0.5) is 25.0 Å². The van der Waals surface area contributed by atoms with Gasteiger partial charge in [-0.25, -0.2) is 13.6 Å². The molecule has 0 spiro atoms. The number of ether oxygens (including phenoxy) is 1. The first-order chi connectivity index (χ1) is 16.0. The molecular formula is C27H26F2N2O2. The van der Waals surface area contributed by atoms with Crippen molar-refractivity contribution < 1.29 is 18.3 Å². The molecule has 2 heterocycles. The molecule has 1 amide bonds. The Hall–Kier alpha value is -3.41. The molecule has 2 atom stereocenters. The van der Waals surface area contributed by atoms with Crippen molar-refractivity contribution in [3.05, 3.63) is 94.6 Å². The van der Waals surface area contributed by atoms with Gasteiger partial charge in [0.25, 0.3) is 0 Å². The van der Waals surface area contributed by atoms with Crippen LogP contribution in [0.2, 0.25) is 0 Å². The Kier molecular flexibility index (Phi) is 5.75. The maximum absolute atomic E-state index is 14.1. The van der Waals surface area contributed by atoms with Crippen molar-refractivity contribution in [1.82, 2.24) is 0 Å². The summed E-state index contributed by atoms with van der Waals surface area (Å²) in [6.07, 6.45) is 1.19. The van der Waals surface area contributed by atoms with Crippen LogP contribution in [-0.4, -0.2) is 25.8 Å². The van der Waals surface area contributed by atoms with E-state index in [0.29, 0.717) is 5.69 Å². The zero-order valence-corrected chi connectivity index (χ0v) is 18.5. The first-order valence-corrected chi connectivity index (χ1v) is 11.4. The number of halogens is 2. The molecule has 0 aromatic heterocycles. The van der Waals surface area contributed by atoms with Crippen molar-refractivity contribution in [2.24, 2.45) is 0 Å². The van der Waals surface area contributed by atoms with Crippen LogP contribution in [0.5, 0.6) is 0 Å². The third kappa shape index (κ3) is 4.17. The Morgan fingerprint density at radius 3 is 1.97 bits per heavy atom. The molecule has 3 aromatic rings. The van der Waals surface area contributed by atoms with Crippen LogP contribution in [-0.2, 0) is 4.74 Å². The van der Waals surface area contributed by atoms with E-state index in [1.807, 2.05) is 24.3 Å². The molecule has 2 aliphatic rings. The number of amides is 1. The van der Waals surface area contributed by atoms with Gasteiger partial charge in [-0.2, -0.15) is 0 Å². The Balaban J connectivity index is 1.66. The van der Waals surface area contributed by atoms with Crippen LogP contribution in [0.15, 0.2) is 60.7 Å². The Morgan fingerprint density at radius 2 is 1.48 bits per heavy atom. The van der Waals surface area contributed by atoms with Gasteiger partial charge >= 0.3 is 6.09 Å². The zero-order chi connectivity index (χ0) is 22.9. The molecule has 0 fully saturated rings. The van der Waals surface area contributed by atoms with Crippen molar-refractivity contribution in [3.8, 4) is 0 Å². The molecule has 0 radical (unpaired) electrons. The molecule has 1 N–H and O–H groups in total. The minimum Gasteiger partial charge on any atom is -0.450 e. The fourth-order valence-electron chi connectivity index (χ4n) is 5.29. The lowest BCUT2D eigenvalue weighted by molar-refractivity contribution is 0.168. The van der Waals surface area contributed by atoms with E-state index in [-0.39, 0.29) is 30.1 Å². The third-order valence-electron chi connectivity index (χ3n) is 6.64. The van der Waals surface area contributed by atoms with Gasteiger partial charge in [0.2, 0.25) is 0 Å². The van der Waals surface area contributed by atoms with Crippen molar-refractivity contribution >= 4 is 17.5 Å². The standard InChI is InChI=1S/C27H26F2N2O2/c1-2-33-27(32)30-21-15-24-22(17-5-3-7-19(28)13-17)9-11-31-12-10-23(25(16-21)26(24)31)18-6-4-8-20(29)14-18/h3-8,13-16,22-23H,2,9-12H2,1H3,(H,30,32). The number of rotatable bonds is 4. The highest BCUT2D eigenvalue weighted by atomic mass is 19.1. The first kappa shape index (κ1) is 21.4. The summed E-state index contributed by atoms with van der Waals surface area (Å²) >= 11 is 0. The van der Waals surface area contributed by atoms with Gasteiger partial charge in [-0.3, -0.25) is 5.32 Å². The Morgan fingerprint density at radius 1 is 0.939 bits per heavy atom. The maximum atomic E-state index is 14.1. The smallest absolute Gasteiger partial charge is 0.411 e. The van der Waals surface area contributed by atoms with Gasteiger partial charge in [-0.1, -0.05) is 24.3 Å². The topological polar surface area (TPSA) is 41.6 Å². The van der Waals surface area contributed by atoms with Gasteiger partial charge in [0.15, 0.2) is 0 Å². The molecular weight excluding hydrogens is 422 g/mol. The van der Waals surface area contributed by atoms with E-state index in [1.165, 1.54) is 12.1 Å². The number of benzene rings is 3. The van der Waals surface area contributed by atoms with Gasteiger partial charge in [0.05, 0.1) is 6.61 Å². The van der Waals surface area contributed by atoms with Crippen molar-refractivity contribution in [2.45, 2.75) is 31.6 Å². The van der Waals surface area contributed by atoms with Crippen LogP contribution in [0.3, 0.4) is 0 Å². The van der Waals surface area contributed by atoms with Gasteiger partial charge in [0, 0.05) is 36.3 Å². The average molecular weight is 449 g/mol. The number of nitrogens with one attached hydrogen (secondary N) is 1. The number of anilines is 2. The van der Waals surface area contributed by atoms with E-state index >= 15 is 0 Å². The molecule has 3 aromatic carbocycles. The predicted molar refractivity (Wildman–Crippen MR) is 125 cm³/mol. The van der Waals surface area contributed by atoms with Gasteiger partial charge in [-0.05, 0) is 78.4 Å². The quantitative estimate of drug-likeness (QED) is 0.501. The van der Waals surface area contributed by atoms with Crippen molar-refractivity contribution in [2.75, 3.05) is 29.9 Å². The van der Waals surface area contributed by atoms with Crippen molar-refractivity contribution in [1.29, 1.82) is 0 Å². The molecule has 6 heteroatoms. The highest BCUT2D eigenvalue weighted by Gasteiger charge is 2.35. The van der Waals surface area contributed by atoms with E-state index in [4.69, 9.17) is 4.74 Å². The summed E-state index contributed by atoms with van der Waals surface area (Å²) < 4.78 is 33.2. The maximum Gasteiger partial charge on any atom is 0.411 e. The lowest BCUT2D eigenvalue weighted by Gasteiger charge is -2.43. The fraction of sp³-hybridized carbons (Fsp3) is 0.296. The second-order valence-electron chi connectivity index (χ2n) is 8.63. The SMILES string of the molecule is CCOC(=O)Nc1cc2c3c(c1)C(c1cccc(F)c1)CCN3CCC2c1cccc(F)c1. The Bertz CT molecular complexity index is 1120. The van der Waals surface area contributed by atoms with E-state index in [2.05, 4.69) is 10.2 Å². The summed E-state index contributed by atoms with van der Waals surface area (Å²) in [6, 6.07) is 17.4. The average Bonchev–Trinajstić information content (AvgIpc) is 2.79. The second kappa shape index (κ2) is 8.85. The molecule has 0 bridgehead atoms. The van der Waals surface area contributed by atoms with Crippen LogP contribution in [0.1, 0.15) is 53.9 Å². The summed E-state index contributed by atoms with van der Waals surface area (Å²) in [7, 11) is 0. The molecule has 4 nitrogen and oxygen atoms in total. The van der Waals surface area contributed by atoms with Gasteiger partial charge in [-0.15, -0.1) is 0 Å². The van der Waals surface area contributed by atoms with Gasteiger partial charge in [0.1, 0.15) is 11.6 Å².